The monoisotopic (exact) mass is 238 g/mol. The van der Waals surface area contributed by atoms with Crippen LogP contribution in [0.1, 0.15) is 6.42 Å². The lowest BCUT2D eigenvalue weighted by Crippen LogP contribution is -2.43. The summed E-state index contributed by atoms with van der Waals surface area (Å²) >= 11 is 0. The Morgan fingerprint density at radius 2 is 2.18 bits per heavy atom. The first-order chi connectivity index (χ1) is 8.16. The number of amides is 2. The number of urea groups is 1. The number of carbonyl (C=O) groups is 1. The fourth-order valence-electron chi connectivity index (χ4n) is 1.70. The van der Waals surface area contributed by atoms with Crippen LogP contribution in [0.2, 0.25) is 0 Å². The van der Waals surface area contributed by atoms with E-state index >= 15 is 0 Å². The van der Waals surface area contributed by atoms with Crippen molar-refractivity contribution in [3.05, 3.63) is 30.1 Å². The van der Waals surface area contributed by atoms with Gasteiger partial charge in [0.15, 0.2) is 0 Å². The summed E-state index contributed by atoms with van der Waals surface area (Å²) < 4.78 is 17.9. The summed E-state index contributed by atoms with van der Waals surface area (Å²) in [4.78, 5) is 13.3. The average Bonchev–Trinajstić information content (AvgIpc) is 2.82. The molecule has 2 rings (SSSR count). The number of benzene rings is 1. The summed E-state index contributed by atoms with van der Waals surface area (Å²) in [6, 6.07) is 5.67. The van der Waals surface area contributed by atoms with Gasteiger partial charge in [0.2, 0.25) is 0 Å². The van der Waals surface area contributed by atoms with Gasteiger partial charge in [-0.25, -0.2) is 9.18 Å². The molecule has 1 aliphatic rings. The molecule has 1 N–H and O–H groups in total. The minimum Gasteiger partial charge on any atom is -0.379 e. The van der Waals surface area contributed by atoms with Gasteiger partial charge in [-0.15, -0.1) is 0 Å². The summed E-state index contributed by atoms with van der Waals surface area (Å²) in [5.41, 5.74) is 0.655. The van der Waals surface area contributed by atoms with Gasteiger partial charge in [0.25, 0.3) is 0 Å². The zero-order chi connectivity index (χ0) is 12.3. The van der Waals surface area contributed by atoms with Gasteiger partial charge < -0.3 is 10.1 Å². The molecule has 2 amide bonds. The summed E-state index contributed by atoms with van der Waals surface area (Å²) in [6.07, 6.45) is 0.836. The van der Waals surface area contributed by atoms with E-state index in [9.17, 15) is 9.18 Å². The number of nitrogens with zero attached hydrogens (tertiary/aromatic N) is 1. The molecule has 1 atom stereocenters. The van der Waals surface area contributed by atoms with Crippen molar-refractivity contribution in [3.8, 4) is 0 Å². The van der Waals surface area contributed by atoms with Gasteiger partial charge >= 0.3 is 6.03 Å². The molecule has 4 nitrogen and oxygen atoms in total. The van der Waals surface area contributed by atoms with Gasteiger partial charge in [-0.2, -0.15) is 0 Å². The van der Waals surface area contributed by atoms with E-state index in [-0.39, 0.29) is 17.9 Å². The third-order valence-electron chi connectivity index (χ3n) is 2.78. The van der Waals surface area contributed by atoms with Crippen molar-refractivity contribution in [3.63, 3.8) is 0 Å². The Morgan fingerprint density at radius 1 is 1.47 bits per heavy atom. The highest BCUT2D eigenvalue weighted by Crippen LogP contribution is 2.13. The van der Waals surface area contributed by atoms with E-state index in [1.807, 2.05) is 0 Å². The van der Waals surface area contributed by atoms with Crippen LogP contribution in [0.5, 0.6) is 0 Å². The molecular formula is C12H15FN2O2. The molecule has 1 fully saturated rings. The van der Waals surface area contributed by atoms with Crippen molar-refractivity contribution in [2.45, 2.75) is 12.5 Å². The van der Waals surface area contributed by atoms with Gasteiger partial charge in [0.05, 0.1) is 12.6 Å². The zero-order valence-corrected chi connectivity index (χ0v) is 9.65. The fourth-order valence-corrected chi connectivity index (χ4v) is 1.70. The van der Waals surface area contributed by atoms with Gasteiger partial charge in [-0.3, -0.25) is 4.90 Å². The highest BCUT2D eigenvalue weighted by molar-refractivity contribution is 5.91. The zero-order valence-electron chi connectivity index (χ0n) is 9.65. The lowest BCUT2D eigenvalue weighted by molar-refractivity contribution is 0.189. The Bertz CT molecular complexity index is 388. The normalized spacial score (nSPS) is 19.1. The Kier molecular flexibility index (Phi) is 3.58. The number of ether oxygens (including phenoxy) is 1. The number of hydrogen-bond acceptors (Lipinski definition) is 2. The van der Waals surface area contributed by atoms with Crippen molar-refractivity contribution < 1.29 is 13.9 Å². The summed E-state index contributed by atoms with van der Waals surface area (Å²) in [6.45, 7) is 1.24. The van der Waals surface area contributed by atoms with Crippen LogP contribution < -0.4 is 10.2 Å². The first-order valence-electron chi connectivity index (χ1n) is 5.54. The molecule has 0 spiro atoms. The Hall–Kier alpha value is -1.62. The lowest BCUT2D eigenvalue weighted by Gasteiger charge is -2.20. The number of rotatable bonds is 2. The molecule has 1 aliphatic heterocycles. The van der Waals surface area contributed by atoms with Crippen LogP contribution in [0.15, 0.2) is 24.3 Å². The summed E-state index contributed by atoms with van der Waals surface area (Å²) in [7, 11) is 1.65. The Labute approximate surface area is 99.4 Å². The van der Waals surface area contributed by atoms with Gasteiger partial charge in [-0.05, 0) is 30.7 Å². The molecule has 0 radical (unpaired) electrons. The lowest BCUT2D eigenvalue weighted by atomic mass is 10.2. The van der Waals surface area contributed by atoms with Crippen LogP contribution in [-0.4, -0.2) is 32.3 Å². The van der Waals surface area contributed by atoms with E-state index in [0.29, 0.717) is 18.9 Å². The Morgan fingerprint density at radius 3 is 2.76 bits per heavy atom. The third kappa shape index (κ3) is 2.94. The summed E-state index contributed by atoms with van der Waals surface area (Å²) in [5, 5.41) is 2.86. The first kappa shape index (κ1) is 11.9. The Balaban J connectivity index is 1.96. The number of hydrogen-bond donors (Lipinski definition) is 1. The molecule has 1 unspecified atom stereocenters. The van der Waals surface area contributed by atoms with Crippen LogP contribution in [0.3, 0.4) is 0 Å². The summed E-state index contributed by atoms with van der Waals surface area (Å²) in [5.74, 6) is -0.313. The largest absolute Gasteiger partial charge is 0.379 e. The van der Waals surface area contributed by atoms with Crippen molar-refractivity contribution >= 4 is 11.7 Å². The predicted molar refractivity (Wildman–Crippen MR) is 62.6 cm³/mol. The van der Waals surface area contributed by atoms with E-state index in [4.69, 9.17) is 4.74 Å². The van der Waals surface area contributed by atoms with Crippen molar-refractivity contribution in [2.24, 2.45) is 0 Å². The molecule has 0 saturated carbocycles. The van der Waals surface area contributed by atoms with Crippen molar-refractivity contribution in [2.75, 3.05) is 25.2 Å². The average molecular weight is 238 g/mol. The number of carbonyl (C=O) groups excluding carboxylic acids is 1. The topological polar surface area (TPSA) is 41.6 Å². The fraction of sp³-hybridized carbons (Fsp3) is 0.417. The van der Waals surface area contributed by atoms with Crippen molar-refractivity contribution in [1.29, 1.82) is 0 Å². The van der Waals surface area contributed by atoms with Crippen LogP contribution >= 0.6 is 0 Å². The minimum atomic E-state index is -0.313. The number of anilines is 1. The molecule has 5 heteroatoms. The van der Waals surface area contributed by atoms with E-state index in [2.05, 4.69) is 5.32 Å². The first-order valence-corrected chi connectivity index (χ1v) is 5.54. The molecule has 0 aromatic heterocycles. The molecule has 0 aliphatic carbocycles. The predicted octanol–water partition coefficient (Wildman–Crippen LogP) is 1.76. The highest BCUT2D eigenvalue weighted by atomic mass is 19.1. The maximum absolute atomic E-state index is 12.7. The molecule has 1 saturated heterocycles. The smallest absolute Gasteiger partial charge is 0.321 e. The van der Waals surface area contributed by atoms with Crippen LogP contribution in [0.25, 0.3) is 0 Å². The maximum atomic E-state index is 12.7. The molecule has 1 heterocycles. The second kappa shape index (κ2) is 5.14. The SMILES string of the molecule is CN(C(=O)NC1CCOC1)c1ccc(F)cc1. The number of halogens is 1. The molecule has 0 bridgehead atoms. The maximum Gasteiger partial charge on any atom is 0.321 e. The highest BCUT2D eigenvalue weighted by Gasteiger charge is 2.20. The molecule has 1 aromatic carbocycles. The van der Waals surface area contributed by atoms with Crippen LogP contribution in [-0.2, 0) is 4.74 Å². The number of nitrogens with one attached hydrogen (secondary N) is 1. The van der Waals surface area contributed by atoms with Crippen molar-refractivity contribution in [1.82, 2.24) is 5.32 Å². The van der Waals surface area contributed by atoms with E-state index in [1.165, 1.54) is 17.0 Å². The van der Waals surface area contributed by atoms with Crippen LogP contribution in [0.4, 0.5) is 14.9 Å². The second-order valence-electron chi connectivity index (χ2n) is 4.05. The van der Waals surface area contributed by atoms with E-state index in [1.54, 1.807) is 19.2 Å². The third-order valence-corrected chi connectivity index (χ3v) is 2.78. The molecule has 92 valence electrons. The molecule has 17 heavy (non-hydrogen) atoms. The van der Waals surface area contributed by atoms with Crippen LogP contribution in [0, 0.1) is 5.82 Å². The van der Waals surface area contributed by atoms with Gasteiger partial charge in [-0.1, -0.05) is 0 Å². The second-order valence-corrected chi connectivity index (χ2v) is 4.05. The molecular weight excluding hydrogens is 223 g/mol. The molecule has 1 aromatic rings. The standard InChI is InChI=1S/C12H15FN2O2/c1-15(11-4-2-9(13)3-5-11)12(16)14-10-6-7-17-8-10/h2-5,10H,6-8H2,1H3,(H,14,16). The van der Waals surface area contributed by atoms with E-state index in [0.717, 1.165) is 6.42 Å². The van der Waals surface area contributed by atoms with E-state index < -0.39 is 0 Å². The minimum absolute atomic E-state index is 0.0744. The van der Waals surface area contributed by atoms with Gasteiger partial charge in [0, 0.05) is 19.3 Å². The van der Waals surface area contributed by atoms with Gasteiger partial charge in [0.1, 0.15) is 5.82 Å². The quantitative estimate of drug-likeness (QED) is 0.853.